The Bertz CT molecular complexity index is 380. The van der Waals surface area contributed by atoms with Gasteiger partial charge in [-0.05, 0) is 31.0 Å². The van der Waals surface area contributed by atoms with Crippen molar-refractivity contribution in [3.63, 3.8) is 0 Å². The van der Waals surface area contributed by atoms with E-state index in [1.165, 1.54) is 0 Å². The predicted octanol–water partition coefficient (Wildman–Crippen LogP) is 0.900. The van der Waals surface area contributed by atoms with E-state index in [-0.39, 0.29) is 12.5 Å². The standard InChI is InChI=1S/C12H18N2O3/c1-3-17-11-5-4-10(6-9(11)2)7-16-8-12(15)14-13/h4-6H,3,7-8,13H2,1-2H3,(H,14,15). The van der Waals surface area contributed by atoms with Crippen LogP contribution in [0.15, 0.2) is 18.2 Å². The molecule has 1 rings (SSSR count). The molecule has 0 aliphatic carbocycles. The first-order chi connectivity index (χ1) is 8.17. The summed E-state index contributed by atoms with van der Waals surface area (Å²) in [6, 6.07) is 5.80. The second-order valence-electron chi connectivity index (χ2n) is 3.59. The molecule has 0 saturated heterocycles. The third-order valence-corrected chi connectivity index (χ3v) is 2.20. The Kier molecular flexibility index (Phi) is 5.45. The van der Waals surface area contributed by atoms with Gasteiger partial charge in [-0.1, -0.05) is 12.1 Å². The molecule has 0 aliphatic rings. The van der Waals surface area contributed by atoms with Crippen LogP contribution in [0.3, 0.4) is 0 Å². The fraction of sp³-hybridized carbons (Fsp3) is 0.417. The molecule has 5 heteroatoms. The van der Waals surface area contributed by atoms with Crippen molar-refractivity contribution in [2.45, 2.75) is 20.5 Å². The third-order valence-electron chi connectivity index (χ3n) is 2.20. The van der Waals surface area contributed by atoms with Crippen LogP contribution in [0.1, 0.15) is 18.1 Å². The summed E-state index contributed by atoms with van der Waals surface area (Å²) < 4.78 is 10.6. The number of benzene rings is 1. The molecule has 0 bridgehead atoms. The fourth-order valence-electron chi connectivity index (χ4n) is 1.42. The molecule has 0 atom stereocenters. The van der Waals surface area contributed by atoms with E-state index in [4.69, 9.17) is 15.3 Å². The first kappa shape index (κ1) is 13.5. The lowest BCUT2D eigenvalue weighted by molar-refractivity contribution is -0.126. The molecule has 3 N–H and O–H groups in total. The maximum atomic E-state index is 10.8. The van der Waals surface area contributed by atoms with Gasteiger partial charge in [0, 0.05) is 0 Å². The average Bonchev–Trinajstić information content (AvgIpc) is 2.32. The zero-order valence-electron chi connectivity index (χ0n) is 10.2. The first-order valence-electron chi connectivity index (χ1n) is 5.47. The molecule has 1 aromatic rings. The number of amides is 1. The summed E-state index contributed by atoms with van der Waals surface area (Å²) >= 11 is 0. The number of ether oxygens (including phenoxy) is 2. The van der Waals surface area contributed by atoms with Gasteiger partial charge < -0.3 is 9.47 Å². The number of hydrogen-bond donors (Lipinski definition) is 2. The van der Waals surface area contributed by atoms with Gasteiger partial charge in [0.1, 0.15) is 12.4 Å². The lowest BCUT2D eigenvalue weighted by Gasteiger charge is -2.09. The minimum atomic E-state index is -0.340. The predicted molar refractivity (Wildman–Crippen MR) is 64.3 cm³/mol. The van der Waals surface area contributed by atoms with Crippen molar-refractivity contribution in [2.24, 2.45) is 5.84 Å². The molecule has 0 unspecified atom stereocenters. The zero-order chi connectivity index (χ0) is 12.7. The molecule has 0 saturated carbocycles. The SMILES string of the molecule is CCOc1ccc(COCC(=O)NN)cc1C. The Morgan fingerprint density at radius 3 is 2.82 bits per heavy atom. The van der Waals surface area contributed by atoms with Crippen molar-refractivity contribution in [3.05, 3.63) is 29.3 Å². The summed E-state index contributed by atoms with van der Waals surface area (Å²) in [4.78, 5) is 10.8. The summed E-state index contributed by atoms with van der Waals surface area (Å²) in [5.74, 6) is 5.46. The van der Waals surface area contributed by atoms with Gasteiger partial charge in [-0.25, -0.2) is 5.84 Å². The molecular formula is C12H18N2O3. The largest absolute Gasteiger partial charge is 0.494 e. The summed E-state index contributed by atoms with van der Waals surface area (Å²) in [6.07, 6.45) is 0. The monoisotopic (exact) mass is 238 g/mol. The van der Waals surface area contributed by atoms with Gasteiger partial charge in [-0.15, -0.1) is 0 Å². The zero-order valence-corrected chi connectivity index (χ0v) is 10.2. The number of hydrazine groups is 1. The van der Waals surface area contributed by atoms with Crippen LogP contribution in [0.25, 0.3) is 0 Å². The van der Waals surface area contributed by atoms with Crippen LogP contribution in [0.4, 0.5) is 0 Å². The summed E-state index contributed by atoms with van der Waals surface area (Å²) in [5.41, 5.74) is 4.05. The minimum Gasteiger partial charge on any atom is -0.494 e. The molecule has 0 aromatic heterocycles. The molecule has 1 aromatic carbocycles. The van der Waals surface area contributed by atoms with Crippen LogP contribution in [0.2, 0.25) is 0 Å². The summed E-state index contributed by atoms with van der Waals surface area (Å²) in [5, 5.41) is 0. The number of nitrogens with one attached hydrogen (secondary N) is 1. The summed E-state index contributed by atoms with van der Waals surface area (Å²) in [6.45, 7) is 4.90. The van der Waals surface area contributed by atoms with Gasteiger partial charge in [0.25, 0.3) is 5.91 Å². The molecular weight excluding hydrogens is 220 g/mol. The van der Waals surface area contributed by atoms with Crippen molar-refractivity contribution in [3.8, 4) is 5.75 Å². The van der Waals surface area contributed by atoms with Crippen molar-refractivity contribution in [1.82, 2.24) is 5.43 Å². The Hall–Kier alpha value is -1.59. The molecule has 1 amide bonds. The van der Waals surface area contributed by atoms with E-state index in [2.05, 4.69) is 0 Å². The molecule has 0 spiro atoms. The third kappa shape index (κ3) is 4.42. The van der Waals surface area contributed by atoms with E-state index in [1.807, 2.05) is 37.5 Å². The van der Waals surface area contributed by atoms with E-state index < -0.39 is 0 Å². The maximum absolute atomic E-state index is 10.8. The second kappa shape index (κ2) is 6.88. The highest BCUT2D eigenvalue weighted by atomic mass is 16.5. The van der Waals surface area contributed by atoms with E-state index in [9.17, 15) is 4.79 Å². The van der Waals surface area contributed by atoms with Crippen LogP contribution < -0.4 is 16.0 Å². The minimum absolute atomic E-state index is 0.0389. The number of carbonyl (C=O) groups excluding carboxylic acids is 1. The highest BCUT2D eigenvalue weighted by Gasteiger charge is 2.02. The van der Waals surface area contributed by atoms with Gasteiger partial charge in [0.15, 0.2) is 0 Å². The lowest BCUT2D eigenvalue weighted by atomic mass is 10.1. The van der Waals surface area contributed by atoms with Crippen molar-refractivity contribution >= 4 is 5.91 Å². The smallest absolute Gasteiger partial charge is 0.259 e. The Balaban J connectivity index is 2.50. The van der Waals surface area contributed by atoms with Crippen LogP contribution in [-0.2, 0) is 16.1 Å². The lowest BCUT2D eigenvalue weighted by Crippen LogP contribution is -2.33. The van der Waals surface area contributed by atoms with Gasteiger partial charge in [-0.3, -0.25) is 10.2 Å². The quantitative estimate of drug-likeness (QED) is 0.439. The number of carbonyl (C=O) groups is 1. The van der Waals surface area contributed by atoms with Gasteiger partial charge in [-0.2, -0.15) is 0 Å². The molecule has 0 fully saturated rings. The Morgan fingerprint density at radius 2 is 2.24 bits per heavy atom. The van der Waals surface area contributed by atoms with Gasteiger partial charge in [0.05, 0.1) is 13.2 Å². The highest BCUT2D eigenvalue weighted by molar-refractivity contribution is 5.76. The molecule has 94 valence electrons. The Morgan fingerprint density at radius 1 is 1.47 bits per heavy atom. The van der Waals surface area contributed by atoms with Crippen molar-refractivity contribution in [1.29, 1.82) is 0 Å². The van der Waals surface area contributed by atoms with E-state index in [1.54, 1.807) is 0 Å². The van der Waals surface area contributed by atoms with Gasteiger partial charge in [0.2, 0.25) is 0 Å². The molecule has 5 nitrogen and oxygen atoms in total. The topological polar surface area (TPSA) is 73.6 Å². The van der Waals surface area contributed by atoms with Crippen molar-refractivity contribution < 1.29 is 14.3 Å². The van der Waals surface area contributed by atoms with Crippen LogP contribution in [0, 0.1) is 6.92 Å². The number of aryl methyl sites for hydroxylation is 1. The molecule has 0 heterocycles. The van der Waals surface area contributed by atoms with Crippen molar-refractivity contribution in [2.75, 3.05) is 13.2 Å². The molecule has 0 radical (unpaired) electrons. The number of rotatable bonds is 6. The van der Waals surface area contributed by atoms with Crippen LogP contribution in [0.5, 0.6) is 5.75 Å². The molecule has 17 heavy (non-hydrogen) atoms. The summed E-state index contributed by atoms with van der Waals surface area (Å²) in [7, 11) is 0. The molecule has 0 aliphatic heterocycles. The van der Waals surface area contributed by atoms with E-state index in [0.29, 0.717) is 13.2 Å². The van der Waals surface area contributed by atoms with Gasteiger partial charge >= 0.3 is 0 Å². The van der Waals surface area contributed by atoms with Crippen LogP contribution in [-0.4, -0.2) is 19.1 Å². The number of nitrogens with two attached hydrogens (primary N) is 1. The van der Waals surface area contributed by atoms with E-state index in [0.717, 1.165) is 16.9 Å². The Labute approximate surface area is 101 Å². The second-order valence-corrected chi connectivity index (χ2v) is 3.59. The fourth-order valence-corrected chi connectivity index (χ4v) is 1.42. The first-order valence-corrected chi connectivity index (χ1v) is 5.47. The van der Waals surface area contributed by atoms with Crippen LogP contribution >= 0.6 is 0 Å². The normalized spacial score (nSPS) is 10.1. The van der Waals surface area contributed by atoms with E-state index >= 15 is 0 Å². The average molecular weight is 238 g/mol. The highest BCUT2D eigenvalue weighted by Crippen LogP contribution is 2.19. The number of hydrogen-bond acceptors (Lipinski definition) is 4. The maximum Gasteiger partial charge on any atom is 0.259 e.